The fourth-order valence-electron chi connectivity index (χ4n) is 4.78. The second-order valence-electron chi connectivity index (χ2n) is 9.13. The first-order valence-electron chi connectivity index (χ1n) is 11.8. The van der Waals surface area contributed by atoms with Crippen molar-refractivity contribution in [3.63, 3.8) is 0 Å². The Kier molecular flexibility index (Phi) is 7.11. The van der Waals surface area contributed by atoms with Crippen LogP contribution in [0.5, 0.6) is 0 Å². The maximum absolute atomic E-state index is 13.6. The van der Waals surface area contributed by atoms with Gasteiger partial charge in [0.15, 0.2) is 5.76 Å². The average molecular weight is 431 g/mol. The second kappa shape index (κ2) is 10.2. The van der Waals surface area contributed by atoms with Crippen molar-refractivity contribution in [2.45, 2.75) is 52.0 Å². The van der Waals surface area contributed by atoms with Gasteiger partial charge in [0, 0.05) is 25.7 Å². The summed E-state index contributed by atoms with van der Waals surface area (Å²) >= 11 is 0. The second-order valence-corrected chi connectivity index (χ2v) is 9.13. The number of carbonyl (C=O) groups is 1. The predicted molar refractivity (Wildman–Crippen MR) is 130 cm³/mol. The summed E-state index contributed by atoms with van der Waals surface area (Å²) in [6.45, 7) is 9.56. The van der Waals surface area contributed by atoms with Gasteiger partial charge in [0.25, 0.3) is 5.91 Å². The SMILES string of the molecule is Cc1cccc(C(C)C)c1N(C(=O)c1ccco1)C1CCN(CCc2ccccc2)CC1. The third kappa shape index (κ3) is 4.97. The van der Waals surface area contributed by atoms with E-state index in [1.807, 2.05) is 4.90 Å². The lowest BCUT2D eigenvalue weighted by molar-refractivity contribution is 0.0933. The molecule has 4 rings (SSSR count). The van der Waals surface area contributed by atoms with Gasteiger partial charge in [-0.3, -0.25) is 4.79 Å². The van der Waals surface area contributed by atoms with Crippen LogP contribution < -0.4 is 4.90 Å². The molecular formula is C28H34N2O2. The Bertz CT molecular complexity index is 1000. The lowest BCUT2D eigenvalue weighted by atomic mass is 9.94. The first-order chi connectivity index (χ1) is 15.5. The summed E-state index contributed by atoms with van der Waals surface area (Å²) in [6.07, 6.45) is 4.58. The molecule has 1 aliphatic rings. The summed E-state index contributed by atoms with van der Waals surface area (Å²) in [5.74, 6) is 0.714. The number of hydrogen-bond acceptors (Lipinski definition) is 3. The number of anilines is 1. The monoisotopic (exact) mass is 430 g/mol. The molecule has 1 aromatic heterocycles. The molecule has 2 aromatic carbocycles. The van der Waals surface area contributed by atoms with Crippen LogP contribution in [-0.2, 0) is 6.42 Å². The molecule has 168 valence electrons. The van der Waals surface area contributed by atoms with Crippen LogP contribution in [0.15, 0.2) is 71.3 Å². The standard InChI is InChI=1S/C28H34N2O2/c1-21(2)25-12-7-9-22(3)27(25)30(28(31)26-13-8-20-32-26)24-15-18-29(19-16-24)17-14-23-10-5-4-6-11-23/h4-13,20-21,24H,14-19H2,1-3H3. The van der Waals surface area contributed by atoms with Gasteiger partial charge in [-0.1, -0.05) is 62.4 Å². The molecule has 0 aliphatic carbocycles. The normalized spacial score (nSPS) is 15.2. The van der Waals surface area contributed by atoms with Crippen LogP contribution in [0.25, 0.3) is 0 Å². The van der Waals surface area contributed by atoms with Gasteiger partial charge >= 0.3 is 0 Å². The number of nitrogens with zero attached hydrogens (tertiary/aromatic N) is 2. The van der Waals surface area contributed by atoms with Gasteiger partial charge in [0.1, 0.15) is 0 Å². The minimum absolute atomic E-state index is 0.0334. The van der Waals surface area contributed by atoms with Crippen LogP contribution in [0.3, 0.4) is 0 Å². The topological polar surface area (TPSA) is 36.7 Å². The van der Waals surface area contributed by atoms with Crippen molar-refractivity contribution >= 4 is 11.6 Å². The Morgan fingerprint density at radius 3 is 2.44 bits per heavy atom. The van der Waals surface area contributed by atoms with E-state index in [9.17, 15) is 4.79 Å². The molecule has 3 aromatic rings. The number of furan rings is 1. The van der Waals surface area contributed by atoms with Crippen molar-refractivity contribution in [2.24, 2.45) is 0 Å². The third-order valence-corrected chi connectivity index (χ3v) is 6.56. The van der Waals surface area contributed by atoms with Crippen LogP contribution >= 0.6 is 0 Å². The highest BCUT2D eigenvalue weighted by atomic mass is 16.3. The quantitative estimate of drug-likeness (QED) is 0.457. The zero-order chi connectivity index (χ0) is 22.5. The van der Waals surface area contributed by atoms with Crippen molar-refractivity contribution in [1.82, 2.24) is 4.90 Å². The van der Waals surface area contributed by atoms with E-state index in [1.165, 1.54) is 11.1 Å². The van der Waals surface area contributed by atoms with Gasteiger partial charge in [-0.25, -0.2) is 0 Å². The fraction of sp³-hybridized carbons (Fsp3) is 0.393. The van der Waals surface area contributed by atoms with Gasteiger partial charge in [-0.15, -0.1) is 0 Å². The van der Waals surface area contributed by atoms with Crippen molar-refractivity contribution < 1.29 is 9.21 Å². The van der Waals surface area contributed by atoms with Crippen LogP contribution in [0.4, 0.5) is 5.69 Å². The molecule has 0 unspecified atom stereocenters. The summed E-state index contributed by atoms with van der Waals surface area (Å²) in [5, 5.41) is 0. The predicted octanol–water partition coefficient (Wildman–Crippen LogP) is 6.07. The fourth-order valence-corrected chi connectivity index (χ4v) is 4.78. The van der Waals surface area contributed by atoms with E-state index in [-0.39, 0.29) is 11.9 Å². The molecule has 0 saturated carbocycles. The number of likely N-dealkylation sites (tertiary alicyclic amines) is 1. The Hall–Kier alpha value is -2.85. The Morgan fingerprint density at radius 2 is 1.78 bits per heavy atom. The van der Waals surface area contributed by atoms with E-state index in [0.29, 0.717) is 11.7 Å². The molecular weight excluding hydrogens is 396 g/mol. The molecule has 0 bridgehead atoms. The summed E-state index contributed by atoms with van der Waals surface area (Å²) < 4.78 is 5.54. The molecule has 4 nitrogen and oxygen atoms in total. The van der Waals surface area contributed by atoms with E-state index in [4.69, 9.17) is 4.42 Å². The lowest BCUT2D eigenvalue weighted by Crippen LogP contribution is -2.48. The van der Waals surface area contributed by atoms with Crippen LogP contribution in [-0.4, -0.2) is 36.5 Å². The smallest absolute Gasteiger partial charge is 0.294 e. The molecule has 0 N–H and O–H groups in total. The summed E-state index contributed by atoms with van der Waals surface area (Å²) in [6, 6.07) is 20.8. The number of para-hydroxylation sites is 1. The zero-order valence-electron chi connectivity index (χ0n) is 19.5. The highest BCUT2D eigenvalue weighted by Gasteiger charge is 2.33. The number of aryl methyl sites for hydroxylation is 1. The molecule has 32 heavy (non-hydrogen) atoms. The molecule has 1 saturated heterocycles. The van der Waals surface area contributed by atoms with Crippen molar-refractivity contribution in [3.8, 4) is 0 Å². The lowest BCUT2D eigenvalue weighted by Gasteiger charge is -2.40. The molecule has 1 fully saturated rings. The van der Waals surface area contributed by atoms with Crippen LogP contribution in [0.1, 0.15) is 59.9 Å². The van der Waals surface area contributed by atoms with Crippen LogP contribution in [0, 0.1) is 6.92 Å². The molecule has 0 radical (unpaired) electrons. The number of hydrogen-bond donors (Lipinski definition) is 0. The minimum Gasteiger partial charge on any atom is -0.459 e. The first-order valence-corrected chi connectivity index (χ1v) is 11.8. The minimum atomic E-state index is -0.0334. The Balaban J connectivity index is 1.54. The van der Waals surface area contributed by atoms with E-state index in [1.54, 1.807) is 18.4 Å². The van der Waals surface area contributed by atoms with Gasteiger partial charge in [-0.05, 0) is 60.9 Å². The highest BCUT2D eigenvalue weighted by Crippen LogP contribution is 2.35. The van der Waals surface area contributed by atoms with Crippen molar-refractivity contribution in [3.05, 3.63) is 89.4 Å². The third-order valence-electron chi connectivity index (χ3n) is 6.56. The Labute approximate surface area is 191 Å². The summed E-state index contributed by atoms with van der Waals surface area (Å²) in [7, 11) is 0. The van der Waals surface area contributed by atoms with Crippen molar-refractivity contribution in [1.29, 1.82) is 0 Å². The maximum Gasteiger partial charge on any atom is 0.294 e. The van der Waals surface area contributed by atoms with E-state index in [2.05, 4.69) is 74.2 Å². The van der Waals surface area contributed by atoms with E-state index >= 15 is 0 Å². The number of amides is 1. The van der Waals surface area contributed by atoms with Gasteiger partial charge < -0.3 is 14.2 Å². The summed E-state index contributed by atoms with van der Waals surface area (Å²) in [5.41, 5.74) is 4.80. The van der Waals surface area contributed by atoms with Gasteiger partial charge in [-0.2, -0.15) is 0 Å². The number of benzene rings is 2. The molecule has 0 atom stereocenters. The molecule has 1 aliphatic heterocycles. The van der Waals surface area contributed by atoms with Gasteiger partial charge in [0.05, 0.1) is 12.0 Å². The number of carbonyl (C=O) groups excluding carboxylic acids is 1. The Morgan fingerprint density at radius 1 is 1.03 bits per heavy atom. The molecule has 2 heterocycles. The van der Waals surface area contributed by atoms with E-state index in [0.717, 1.165) is 50.1 Å². The largest absolute Gasteiger partial charge is 0.459 e. The highest BCUT2D eigenvalue weighted by molar-refractivity contribution is 6.05. The first kappa shape index (κ1) is 22.3. The van der Waals surface area contributed by atoms with Crippen LogP contribution in [0.2, 0.25) is 0 Å². The maximum atomic E-state index is 13.6. The van der Waals surface area contributed by atoms with Crippen molar-refractivity contribution in [2.75, 3.05) is 24.5 Å². The average Bonchev–Trinajstić information content (AvgIpc) is 3.35. The summed E-state index contributed by atoms with van der Waals surface area (Å²) in [4.78, 5) is 18.2. The number of rotatable bonds is 7. The van der Waals surface area contributed by atoms with E-state index < -0.39 is 0 Å². The molecule has 0 spiro atoms. The molecule has 1 amide bonds. The number of piperidine rings is 1. The zero-order valence-corrected chi connectivity index (χ0v) is 19.5. The molecule has 4 heteroatoms. The van der Waals surface area contributed by atoms with Gasteiger partial charge in [0.2, 0.25) is 0 Å².